The van der Waals surface area contributed by atoms with E-state index in [1.54, 1.807) is 39.0 Å². The average Bonchev–Trinajstić information content (AvgIpc) is 2.70. The van der Waals surface area contributed by atoms with E-state index in [0.717, 1.165) is 16.7 Å². The Morgan fingerprint density at radius 3 is 2.45 bits per heavy atom. The predicted molar refractivity (Wildman–Crippen MR) is 114 cm³/mol. The second kappa shape index (κ2) is 9.07. The molecule has 0 bridgehead atoms. The number of carbonyl (C=O) groups excluding carboxylic acids is 2. The SMILES string of the molecule is CC(C)(C)OC(=O)Nc1ccc2c(c1)CN(C(=O)OCc1ccccc1)[C@H](C(=O)O)C2. The van der Waals surface area contributed by atoms with Crippen LogP contribution < -0.4 is 5.32 Å². The van der Waals surface area contributed by atoms with Gasteiger partial charge in [-0.25, -0.2) is 14.4 Å². The van der Waals surface area contributed by atoms with Crippen LogP contribution in [-0.4, -0.2) is 39.8 Å². The summed E-state index contributed by atoms with van der Waals surface area (Å²) in [5.74, 6) is -1.10. The molecule has 0 fully saturated rings. The average molecular weight is 426 g/mol. The number of anilines is 1. The molecular formula is C23H26N2O6. The van der Waals surface area contributed by atoms with E-state index in [-0.39, 0.29) is 19.6 Å². The summed E-state index contributed by atoms with van der Waals surface area (Å²) in [7, 11) is 0. The lowest BCUT2D eigenvalue weighted by atomic mass is 9.94. The number of benzene rings is 2. The van der Waals surface area contributed by atoms with Crippen molar-refractivity contribution in [1.29, 1.82) is 0 Å². The van der Waals surface area contributed by atoms with Crippen LogP contribution in [0.4, 0.5) is 15.3 Å². The first-order valence-electron chi connectivity index (χ1n) is 9.94. The fourth-order valence-electron chi connectivity index (χ4n) is 3.30. The fraction of sp³-hybridized carbons (Fsp3) is 0.348. The Morgan fingerprint density at radius 1 is 1.10 bits per heavy atom. The van der Waals surface area contributed by atoms with Gasteiger partial charge in [0, 0.05) is 12.1 Å². The minimum absolute atomic E-state index is 0.0512. The van der Waals surface area contributed by atoms with Crippen LogP contribution in [0.3, 0.4) is 0 Å². The number of nitrogens with zero attached hydrogens (tertiary/aromatic N) is 1. The molecule has 8 nitrogen and oxygen atoms in total. The van der Waals surface area contributed by atoms with Gasteiger partial charge in [-0.2, -0.15) is 0 Å². The first-order chi connectivity index (χ1) is 14.6. The van der Waals surface area contributed by atoms with Crippen molar-refractivity contribution in [3.05, 3.63) is 65.2 Å². The van der Waals surface area contributed by atoms with Crippen LogP contribution in [0.25, 0.3) is 0 Å². The monoisotopic (exact) mass is 426 g/mol. The normalized spacial score (nSPS) is 15.6. The maximum Gasteiger partial charge on any atom is 0.412 e. The molecular weight excluding hydrogens is 400 g/mol. The molecule has 2 N–H and O–H groups in total. The molecule has 0 saturated heterocycles. The Labute approximate surface area is 180 Å². The molecule has 0 radical (unpaired) electrons. The van der Waals surface area contributed by atoms with E-state index in [2.05, 4.69) is 5.32 Å². The van der Waals surface area contributed by atoms with E-state index >= 15 is 0 Å². The zero-order valence-corrected chi connectivity index (χ0v) is 17.8. The van der Waals surface area contributed by atoms with Crippen LogP contribution in [-0.2, 0) is 33.8 Å². The van der Waals surface area contributed by atoms with Gasteiger partial charge in [0.05, 0.1) is 6.54 Å². The molecule has 8 heteroatoms. The molecule has 2 amide bonds. The highest BCUT2D eigenvalue weighted by Gasteiger charge is 2.35. The van der Waals surface area contributed by atoms with Crippen LogP contribution in [0.15, 0.2) is 48.5 Å². The van der Waals surface area contributed by atoms with Gasteiger partial charge in [-0.3, -0.25) is 10.2 Å². The van der Waals surface area contributed by atoms with Gasteiger partial charge in [0.2, 0.25) is 0 Å². The number of carboxylic acids is 1. The summed E-state index contributed by atoms with van der Waals surface area (Å²) < 4.78 is 10.6. The number of nitrogens with one attached hydrogen (secondary N) is 1. The number of amides is 2. The van der Waals surface area contributed by atoms with Gasteiger partial charge in [0.1, 0.15) is 18.2 Å². The first-order valence-corrected chi connectivity index (χ1v) is 9.94. The number of aliphatic carboxylic acids is 1. The molecule has 1 heterocycles. The molecule has 0 aromatic heterocycles. The molecule has 0 saturated carbocycles. The summed E-state index contributed by atoms with van der Waals surface area (Å²) in [5, 5.41) is 12.3. The van der Waals surface area contributed by atoms with Crippen molar-refractivity contribution in [2.24, 2.45) is 0 Å². The fourth-order valence-corrected chi connectivity index (χ4v) is 3.30. The van der Waals surface area contributed by atoms with Gasteiger partial charge in [0.15, 0.2) is 0 Å². The molecule has 0 spiro atoms. The second-order valence-corrected chi connectivity index (χ2v) is 8.34. The Bertz CT molecular complexity index is 968. The van der Waals surface area contributed by atoms with Gasteiger partial charge in [-0.05, 0) is 49.6 Å². The van der Waals surface area contributed by atoms with Crippen LogP contribution in [0.2, 0.25) is 0 Å². The van der Waals surface area contributed by atoms with E-state index in [9.17, 15) is 19.5 Å². The van der Waals surface area contributed by atoms with Crippen LogP contribution >= 0.6 is 0 Å². The maximum absolute atomic E-state index is 12.7. The Balaban J connectivity index is 1.73. The number of hydrogen-bond acceptors (Lipinski definition) is 5. The maximum atomic E-state index is 12.7. The summed E-state index contributed by atoms with van der Waals surface area (Å²) in [6.07, 6.45) is -1.14. The molecule has 0 unspecified atom stereocenters. The van der Waals surface area contributed by atoms with Gasteiger partial charge in [0.25, 0.3) is 0 Å². The number of carboxylic acid groups (broad SMARTS) is 1. The smallest absolute Gasteiger partial charge is 0.412 e. The number of carbonyl (C=O) groups is 3. The van der Waals surface area contributed by atoms with Crippen molar-refractivity contribution in [2.75, 3.05) is 5.32 Å². The summed E-state index contributed by atoms with van der Waals surface area (Å²) in [6.45, 7) is 5.42. The largest absolute Gasteiger partial charge is 0.480 e. The van der Waals surface area contributed by atoms with Crippen LogP contribution in [0.5, 0.6) is 0 Å². The molecule has 164 valence electrons. The van der Waals surface area contributed by atoms with Crippen molar-refractivity contribution in [1.82, 2.24) is 4.90 Å². The Morgan fingerprint density at radius 2 is 1.81 bits per heavy atom. The molecule has 31 heavy (non-hydrogen) atoms. The summed E-state index contributed by atoms with van der Waals surface area (Å²) in [4.78, 5) is 37.7. The minimum atomic E-state index is -1.10. The standard InChI is InChI=1S/C23H26N2O6/c1-23(2,3)31-21(28)24-18-10-9-16-12-19(20(26)27)25(13-17(16)11-18)22(29)30-14-15-7-5-4-6-8-15/h4-11,19H,12-14H2,1-3H3,(H,24,28)(H,26,27)/t19-/m0/s1. The third kappa shape index (κ3) is 5.97. The van der Waals surface area contributed by atoms with Crippen molar-refractivity contribution in [3.63, 3.8) is 0 Å². The minimum Gasteiger partial charge on any atom is -0.480 e. The number of fused-ring (bicyclic) bond motifs is 1. The topological polar surface area (TPSA) is 105 Å². The van der Waals surface area contributed by atoms with Crippen molar-refractivity contribution < 1.29 is 29.0 Å². The van der Waals surface area contributed by atoms with Crippen molar-refractivity contribution in [3.8, 4) is 0 Å². The molecule has 2 aromatic carbocycles. The van der Waals surface area contributed by atoms with Gasteiger partial charge in [-0.15, -0.1) is 0 Å². The van der Waals surface area contributed by atoms with Gasteiger partial charge in [-0.1, -0.05) is 36.4 Å². The van der Waals surface area contributed by atoms with E-state index in [1.165, 1.54) is 4.90 Å². The van der Waals surface area contributed by atoms with Crippen molar-refractivity contribution in [2.45, 2.75) is 52.0 Å². The molecule has 0 aliphatic carbocycles. The lowest BCUT2D eigenvalue weighted by Crippen LogP contribution is -2.48. The highest BCUT2D eigenvalue weighted by molar-refractivity contribution is 5.85. The van der Waals surface area contributed by atoms with Crippen LogP contribution in [0, 0.1) is 0 Å². The number of hydrogen-bond donors (Lipinski definition) is 2. The quantitative estimate of drug-likeness (QED) is 0.760. The lowest BCUT2D eigenvalue weighted by molar-refractivity contribution is -0.143. The lowest BCUT2D eigenvalue weighted by Gasteiger charge is -2.33. The van der Waals surface area contributed by atoms with Crippen LogP contribution in [0.1, 0.15) is 37.5 Å². The van der Waals surface area contributed by atoms with Gasteiger partial charge >= 0.3 is 18.2 Å². The summed E-state index contributed by atoms with van der Waals surface area (Å²) >= 11 is 0. The predicted octanol–water partition coefficient (Wildman–Crippen LogP) is 4.18. The first kappa shape index (κ1) is 22.1. The third-order valence-electron chi connectivity index (χ3n) is 4.71. The summed E-state index contributed by atoms with van der Waals surface area (Å²) in [6, 6.07) is 13.3. The molecule has 1 aliphatic heterocycles. The van der Waals surface area contributed by atoms with Crippen molar-refractivity contribution >= 4 is 23.8 Å². The number of rotatable bonds is 4. The summed E-state index contributed by atoms with van der Waals surface area (Å²) in [5.41, 5.74) is 2.21. The highest BCUT2D eigenvalue weighted by atomic mass is 16.6. The van der Waals surface area contributed by atoms with Gasteiger partial charge < -0.3 is 14.6 Å². The molecule has 1 atom stereocenters. The molecule has 1 aliphatic rings. The van der Waals surface area contributed by atoms with E-state index in [0.29, 0.717) is 5.69 Å². The zero-order valence-electron chi connectivity index (χ0n) is 17.8. The highest BCUT2D eigenvalue weighted by Crippen LogP contribution is 2.27. The Hall–Kier alpha value is -3.55. The zero-order chi connectivity index (χ0) is 22.6. The van der Waals surface area contributed by atoms with E-state index < -0.39 is 29.8 Å². The molecule has 3 rings (SSSR count). The molecule has 2 aromatic rings. The second-order valence-electron chi connectivity index (χ2n) is 8.34. The third-order valence-corrected chi connectivity index (χ3v) is 4.71. The van der Waals surface area contributed by atoms with E-state index in [4.69, 9.17) is 9.47 Å². The number of ether oxygens (including phenoxy) is 2. The Kier molecular flexibility index (Phi) is 6.48. The van der Waals surface area contributed by atoms with E-state index in [1.807, 2.05) is 30.3 Å².